The fourth-order valence-corrected chi connectivity index (χ4v) is 3.35. The molecule has 0 amide bonds. The number of sulfonamides is 1. The summed E-state index contributed by atoms with van der Waals surface area (Å²) in [5, 5.41) is 9.19. The van der Waals surface area contributed by atoms with Gasteiger partial charge in [0.25, 0.3) is 0 Å². The topological polar surface area (TPSA) is 66.4 Å². The van der Waals surface area contributed by atoms with Crippen molar-refractivity contribution in [1.82, 2.24) is 4.72 Å². The van der Waals surface area contributed by atoms with E-state index in [1.165, 1.54) is 0 Å². The van der Waals surface area contributed by atoms with Crippen LogP contribution < -0.4 is 4.72 Å². The molecule has 1 unspecified atom stereocenters. The van der Waals surface area contributed by atoms with Gasteiger partial charge in [0.2, 0.25) is 10.0 Å². The fraction of sp³-hybridized carbons (Fsp3) is 1.00. The molecule has 1 atom stereocenters. The highest BCUT2D eigenvalue weighted by Gasteiger charge is 2.57. The molecule has 1 spiro atoms. The van der Waals surface area contributed by atoms with Crippen LogP contribution >= 0.6 is 0 Å². The van der Waals surface area contributed by atoms with Gasteiger partial charge in [-0.3, -0.25) is 0 Å². The minimum Gasteiger partial charge on any atom is -0.392 e. The van der Waals surface area contributed by atoms with Crippen molar-refractivity contribution in [3.63, 3.8) is 0 Å². The Bertz CT molecular complexity index is 268. The number of hydrogen-bond acceptors (Lipinski definition) is 3. The Morgan fingerprint density at radius 2 is 2.09 bits per heavy atom. The Morgan fingerprint density at radius 1 is 1.45 bits per heavy atom. The largest absolute Gasteiger partial charge is 0.392 e. The minimum absolute atomic E-state index is 0.185. The summed E-state index contributed by atoms with van der Waals surface area (Å²) in [6, 6.07) is 0. The van der Waals surface area contributed by atoms with Gasteiger partial charge in [0, 0.05) is 6.54 Å². The Morgan fingerprint density at radius 3 is 2.55 bits per heavy atom. The normalized spacial score (nSPS) is 38.8. The van der Waals surface area contributed by atoms with Gasteiger partial charge in [0.15, 0.2) is 0 Å². The second kappa shape index (κ2) is 1.97. The van der Waals surface area contributed by atoms with Crippen LogP contribution in [0.3, 0.4) is 0 Å². The number of nitrogens with one attached hydrogen (secondary N) is 1. The predicted molar refractivity (Wildman–Crippen MR) is 39.5 cm³/mol. The lowest BCUT2D eigenvalue weighted by Crippen LogP contribution is -2.48. The summed E-state index contributed by atoms with van der Waals surface area (Å²) in [5.74, 6) is 0. The van der Waals surface area contributed by atoms with Crippen LogP contribution in [0.2, 0.25) is 0 Å². The maximum Gasteiger partial charge on any atom is 0.217 e. The Hall–Kier alpha value is -0.130. The van der Waals surface area contributed by atoms with E-state index in [2.05, 4.69) is 4.72 Å². The molecule has 1 aliphatic carbocycles. The molecule has 5 heteroatoms. The molecule has 1 aliphatic heterocycles. The van der Waals surface area contributed by atoms with E-state index in [1.54, 1.807) is 0 Å². The first-order chi connectivity index (χ1) is 5.06. The molecule has 1 saturated heterocycles. The average Bonchev–Trinajstić information content (AvgIpc) is 2.63. The second-order valence-electron chi connectivity index (χ2n) is 3.39. The predicted octanol–water partition coefficient (Wildman–Crippen LogP) is -0.797. The molecule has 2 fully saturated rings. The third-order valence-corrected chi connectivity index (χ3v) is 4.76. The summed E-state index contributed by atoms with van der Waals surface area (Å²) in [5.41, 5.74) is 0. The Balaban J connectivity index is 2.28. The molecule has 2 aliphatic rings. The molecule has 4 nitrogen and oxygen atoms in total. The van der Waals surface area contributed by atoms with E-state index in [1.807, 2.05) is 0 Å². The SMILES string of the molecule is O=S1(=O)NCC(O)CC12CC2. The van der Waals surface area contributed by atoms with Crippen molar-refractivity contribution < 1.29 is 13.5 Å². The highest BCUT2D eigenvalue weighted by molar-refractivity contribution is 7.91. The zero-order valence-electron chi connectivity index (χ0n) is 6.08. The standard InChI is InChI=1S/C6H11NO3S/c8-5-3-6(1-2-6)11(9,10)7-4-5/h5,7-8H,1-4H2. The van der Waals surface area contributed by atoms with Crippen molar-refractivity contribution in [3.8, 4) is 0 Å². The third-order valence-electron chi connectivity index (χ3n) is 2.49. The van der Waals surface area contributed by atoms with Crippen molar-refractivity contribution in [2.75, 3.05) is 6.54 Å². The van der Waals surface area contributed by atoms with Crippen molar-refractivity contribution in [2.45, 2.75) is 30.1 Å². The first-order valence-corrected chi connectivity index (χ1v) is 5.21. The van der Waals surface area contributed by atoms with Gasteiger partial charge in [0.1, 0.15) is 0 Å². The van der Waals surface area contributed by atoms with Crippen LogP contribution in [-0.4, -0.2) is 30.9 Å². The van der Waals surface area contributed by atoms with Crippen molar-refractivity contribution in [2.24, 2.45) is 0 Å². The lowest BCUT2D eigenvalue weighted by molar-refractivity contribution is 0.156. The monoisotopic (exact) mass is 177 g/mol. The molecule has 0 aromatic rings. The smallest absolute Gasteiger partial charge is 0.217 e. The van der Waals surface area contributed by atoms with Gasteiger partial charge in [-0.25, -0.2) is 13.1 Å². The summed E-state index contributed by atoms with van der Waals surface area (Å²) >= 11 is 0. The molecule has 1 heterocycles. The van der Waals surface area contributed by atoms with E-state index >= 15 is 0 Å². The molecule has 11 heavy (non-hydrogen) atoms. The number of rotatable bonds is 0. The summed E-state index contributed by atoms with van der Waals surface area (Å²) in [6.07, 6.45) is 1.35. The molecule has 0 bridgehead atoms. The van der Waals surface area contributed by atoms with Crippen LogP contribution in [0, 0.1) is 0 Å². The van der Waals surface area contributed by atoms with E-state index in [9.17, 15) is 13.5 Å². The van der Waals surface area contributed by atoms with E-state index in [0.29, 0.717) is 19.3 Å². The summed E-state index contributed by atoms with van der Waals surface area (Å²) < 4.78 is 24.4. The van der Waals surface area contributed by atoms with Gasteiger partial charge in [-0.2, -0.15) is 0 Å². The Labute approximate surface area is 65.7 Å². The maximum atomic E-state index is 11.3. The number of aliphatic hydroxyl groups excluding tert-OH is 1. The van der Waals surface area contributed by atoms with Gasteiger partial charge >= 0.3 is 0 Å². The van der Waals surface area contributed by atoms with Gasteiger partial charge in [-0.05, 0) is 19.3 Å². The molecule has 1 saturated carbocycles. The maximum absolute atomic E-state index is 11.3. The van der Waals surface area contributed by atoms with Crippen LogP contribution in [0.15, 0.2) is 0 Å². The molecular weight excluding hydrogens is 166 g/mol. The van der Waals surface area contributed by atoms with E-state index in [0.717, 1.165) is 0 Å². The quantitative estimate of drug-likeness (QED) is 0.509. The number of hydrogen-bond donors (Lipinski definition) is 2. The molecule has 0 aromatic carbocycles. The van der Waals surface area contributed by atoms with Crippen LogP contribution in [0.4, 0.5) is 0 Å². The number of β-amino-alcohol motifs (C(OH)–C–C–N with tert-alkyl or cyclic N) is 1. The third kappa shape index (κ3) is 0.988. The average molecular weight is 177 g/mol. The summed E-state index contributed by atoms with van der Waals surface area (Å²) in [7, 11) is -3.09. The first-order valence-electron chi connectivity index (χ1n) is 3.73. The van der Waals surface area contributed by atoms with Crippen molar-refractivity contribution >= 4 is 10.0 Å². The molecule has 0 radical (unpaired) electrons. The van der Waals surface area contributed by atoms with Crippen LogP contribution in [0.25, 0.3) is 0 Å². The van der Waals surface area contributed by atoms with Gasteiger partial charge in [0.05, 0.1) is 10.9 Å². The van der Waals surface area contributed by atoms with Crippen molar-refractivity contribution in [1.29, 1.82) is 0 Å². The number of aliphatic hydroxyl groups is 1. The lowest BCUT2D eigenvalue weighted by Gasteiger charge is -2.26. The zero-order chi connectivity index (χ0) is 8.11. The molecule has 64 valence electrons. The van der Waals surface area contributed by atoms with Crippen molar-refractivity contribution in [3.05, 3.63) is 0 Å². The molecular formula is C6H11NO3S. The first kappa shape index (κ1) is 7.52. The highest BCUT2D eigenvalue weighted by Crippen LogP contribution is 2.48. The fourth-order valence-electron chi connectivity index (χ4n) is 1.58. The van der Waals surface area contributed by atoms with E-state index < -0.39 is 20.9 Å². The second-order valence-corrected chi connectivity index (χ2v) is 5.55. The van der Waals surface area contributed by atoms with Crippen LogP contribution in [0.1, 0.15) is 19.3 Å². The highest BCUT2D eigenvalue weighted by atomic mass is 32.2. The minimum atomic E-state index is -3.09. The molecule has 2 N–H and O–H groups in total. The molecule has 0 aromatic heterocycles. The van der Waals surface area contributed by atoms with Crippen LogP contribution in [0.5, 0.6) is 0 Å². The summed E-state index contributed by atoms with van der Waals surface area (Å²) in [4.78, 5) is 0. The van der Waals surface area contributed by atoms with Gasteiger partial charge < -0.3 is 5.11 Å². The van der Waals surface area contributed by atoms with Gasteiger partial charge in [-0.15, -0.1) is 0 Å². The Kier molecular flexibility index (Phi) is 1.34. The van der Waals surface area contributed by atoms with Crippen LogP contribution in [-0.2, 0) is 10.0 Å². The van der Waals surface area contributed by atoms with Gasteiger partial charge in [-0.1, -0.05) is 0 Å². The summed E-state index contributed by atoms with van der Waals surface area (Å²) in [6.45, 7) is 0.185. The molecule has 2 rings (SSSR count). The lowest BCUT2D eigenvalue weighted by atomic mass is 10.2. The van der Waals surface area contributed by atoms with E-state index in [-0.39, 0.29) is 6.54 Å². The zero-order valence-corrected chi connectivity index (χ0v) is 6.89. The van der Waals surface area contributed by atoms with E-state index in [4.69, 9.17) is 0 Å².